The number of fused-ring (bicyclic) bond motifs is 2. The van der Waals surface area contributed by atoms with Gasteiger partial charge in [-0.05, 0) is 57.2 Å². The molecule has 0 spiro atoms. The second-order valence-corrected chi connectivity index (χ2v) is 7.99. The number of rotatable bonds is 5. The highest BCUT2D eigenvalue weighted by Gasteiger charge is 2.24. The van der Waals surface area contributed by atoms with Crippen LogP contribution in [0.1, 0.15) is 29.9 Å². The minimum Gasteiger partial charge on any atom is -0.490 e. The molecule has 1 amide bonds. The molecule has 30 heavy (non-hydrogen) atoms. The third-order valence-electron chi connectivity index (χ3n) is 4.80. The highest BCUT2D eigenvalue weighted by atomic mass is 16.6. The molecule has 0 unspecified atom stereocenters. The Morgan fingerprint density at radius 3 is 2.73 bits per heavy atom. The first-order valence-corrected chi connectivity index (χ1v) is 9.83. The number of nitrogens with zero attached hydrogens (tertiary/aromatic N) is 1. The molecule has 0 saturated heterocycles. The lowest BCUT2D eigenvalue weighted by Crippen LogP contribution is -2.47. The average molecular weight is 407 g/mol. The zero-order chi connectivity index (χ0) is 21.3. The van der Waals surface area contributed by atoms with Gasteiger partial charge in [0.25, 0.3) is 5.91 Å². The van der Waals surface area contributed by atoms with Crippen LogP contribution in [0.5, 0.6) is 17.2 Å². The van der Waals surface area contributed by atoms with Gasteiger partial charge in [0.15, 0.2) is 11.5 Å². The Morgan fingerprint density at radius 2 is 1.93 bits per heavy atom. The lowest BCUT2D eigenvalue weighted by Gasteiger charge is -2.27. The fourth-order valence-corrected chi connectivity index (χ4v) is 3.40. The van der Waals surface area contributed by atoms with E-state index in [0.29, 0.717) is 41.7 Å². The maximum absolute atomic E-state index is 12.8. The standard InChI is InChI=1S/C23H25N3O4/c1-14-11-16(24)21-17(25-14)5-4-6-19(21)30-13-23(2,3)26-22(27)15-7-8-18-20(12-15)29-10-9-28-18/h4-8,11-12H,9-10,13H2,1-3H3,(H2,24,25)(H,26,27). The molecule has 0 aliphatic carbocycles. The number of amides is 1. The number of pyridine rings is 1. The Morgan fingerprint density at radius 1 is 1.17 bits per heavy atom. The first kappa shape index (κ1) is 19.8. The smallest absolute Gasteiger partial charge is 0.251 e. The van der Waals surface area contributed by atoms with Crippen LogP contribution in [-0.2, 0) is 0 Å². The van der Waals surface area contributed by atoms with E-state index in [1.807, 2.05) is 45.0 Å². The van der Waals surface area contributed by atoms with E-state index in [1.54, 1.807) is 18.2 Å². The first-order chi connectivity index (χ1) is 14.3. The molecule has 7 heteroatoms. The summed E-state index contributed by atoms with van der Waals surface area (Å²) in [4.78, 5) is 17.3. The number of anilines is 1. The van der Waals surface area contributed by atoms with Gasteiger partial charge in [-0.2, -0.15) is 0 Å². The number of nitrogen functional groups attached to an aromatic ring is 1. The van der Waals surface area contributed by atoms with Crippen molar-refractivity contribution in [2.45, 2.75) is 26.3 Å². The summed E-state index contributed by atoms with van der Waals surface area (Å²) in [5.41, 5.74) is 8.32. The van der Waals surface area contributed by atoms with Crippen molar-refractivity contribution in [1.29, 1.82) is 0 Å². The minimum atomic E-state index is -0.626. The number of ether oxygens (including phenoxy) is 3. The molecule has 1 aromatic heterocycles. The second-order valence-electron chi connectivity index (χ2n) is 7.99. The predicted octanol–water partition coefficient (Wildman–Crippen LogP) is 3.48. The molecular formula is C23H25N3O4. The maximum atomic E-state index is 12.8. The molecule has 2 heterocycles. The SMILES string of the molecule is Cc1cc(N)c2c(OCC(C)(C)NC(=O)c3ccc4c(c3)OCCO4)cccc2n1. The minimum absolute atomic E-state index is 0.213. The summed E-state index contributed by atoms with van der Waals surface area (Å²) < 4.78 is 17.1. The molecule has 1 aliphatic heterocycles. The topological polar surface area (TPSA) is 95.7 Å². The maximum Gasteiger partial charge on any atom is 0.251 e. The molecule has 3 N–H and O–H groups in total. The number of hydrogen-bond donors (Lipinski definition) is 2. The van der Waals surface area contributed by atoms with Crippen LogP contribution in [0.15, 0.2) is 42.5 Å². The van der Waals surface area contributed by atoms with Crippen molar-refractivity contribution in [2.75, 3.05) is 25.6 Å². The van der Waals surface area contributed by atoms with Gasteiger partial charge in [0, 0.05) is 16.9 Å². The fraction of sp³-hybridized carbons (Fsp3) is 0.304. The monoisotopic (exact) mass is 407 g/mol. The predicted molar refractivity (Wildman–Crippen MR) is 115 cm³/mol. The molecule has 2 aromatic carbocycles. The van der Waals surface area contributed by atoms with E-state index in [1.165, 1.54) is 0 Å². The van der Waals surface area contributed by atoms with Crippen molar-refractivity contribution < 1.29 is 19.0 Å². The highest BCUT2D eigenvalue weighted by molar-refractivity contribution is 5.96. The van der Waals surface area contributed by atoms with Crippen molar-refractivity contribution in [1.82, 2.24) is 10.3 Å². The molecule has 1 aliphatic rings. The van der Waals surface area contributed by atoms with Crippen LogP contribution in [0.4, 0.5) is 5.69 Å². The Bertz CT molecular complexity index is 1110. The summed E-state index contributed by atoms with van der Waals surface area (Å²) >= 11 is 0. The molecular weight excluding hydrogens is 382 g/mol. The largest absolute Gasteiger partial charge is 0.490 e. The number of aryl methyl sites for hydroxylation is 1. The molecule has 0 fully saturated rings. The van der Waals surface area contributed by atoms with Gasteiger partial charge in [0.05, 0.1) is 16.4 Å². The van der Waals surface area contributed by atoms with E-state index < -0.39 is 5.54 Å². The summed E-state index contributed by atoms with van der Waals surface area (Å²) in [7, 11) is 0. The quantitative estimate of drug-likeness (QED) is 0.672. The zero-order valence-electron chi connectivity index (χ0n) is 17.3. The van der Waals surface area contributed by atoms with E-state index >= 15 is 0 Å². The Balaban J connectivity index is 1.47. The third-order valence-corrected chi connectivity index (χ3v) is 4.80. The van der Waals surface area contributed by atoms with E-state index in [4.69, 9.17) is 19.9 Å². The van der Waals surface area contributed by atoms with Gasteiger partial charge in [0.2, 0.25) is 0 Å². The molecule has 0 bridgehead atoms. The van der Waals surface area contributed by atoms with Crippen molar-refractivity contribution in [2.24, 2.45) is 0 Å². The highest BCUT2D eigenvalue weighted by Crippen LogP contribution is 2.32. The summed E-state index contributed by atoms with van der Waals surface area (Å²) in [6.45, 7) is 6.95. The molecule has 7 nitrogen and oxygen atoms in total. The Kier molecular flexibility index (Phi) is 5.11. The molecule has 0 radical (unpaired) electrons. The van der Waals surface area contributed by atoms with Gasteiger partial charge >= 0.3 is 0 Å². The van der Waals surface area contributed by atoms with Crippen molar-refractivity contribution in [3.63, 3.8) is 0 Å². The van der Waals surface area contributed by atoms with Gasteiger partial charge < -0.3 is 25.3 Å². The lowest BCUT2D eigenvalue weighted by molar-refractivity contribution is 0.0880. The Hall–Kier alpha value is -3.48. The Labute approximate surface area is 175 Å². The van der Waals surface area contributed by atoms with Gasteiger partial charge in [-0.25, -0.2) is 0 Å². The number of carbonyl (C=O) groups excluding carboxylic acids is 1. The van der Waals surface area contributed by atoms with Crippen LogP contribution in [0.25, 0.3) is 10.9 Å². The van der Waals surface area contributed by atoms with Gasteiger partial charge in [-0.1, -0.05) is 6.07 Å². The number of nitrogens with one attached hydrogen (secondary N) is 1. The van der Waals surface area contributed by atoms with E-state index in [-0.39, 0.29) is 12.5 Å². The fourth-order valence-electron chi connectivity index (χ4n) is 3.40. The lowest BCUT2D eigenvalue weighted by atomic mass is 10.1. The van der Waals surface area contributed by atoms with Crippen LogP contribution in [0.3, 0.4) is 0 Å². The van der Waals surface area contributed by atoms with Crippen molar-refractivity contribution in [3.8, 4) is 17.2 Å². The number of benzene rings is 2. The van der Waals surface area contributed by atoms with E-state index in [2.05, 4.69) is 10.3 Å². The van der Waals surface area contributed by atoms with Crippen LogP contribution in [0, 0.1) is 6.92 Å². The summed E-state index contributed by atoms with van der Waals surface area (Å²) in [6.07, 6.45) is 0. The van der Waals surface area contributed by atoms with Crippen molar-refractivity contribution in [3.05, 3.63) is 53.7 Å². The van der Waals surface area contributed by atoms with Crippen LogP contribution in [-0.4, -0.2) is 36.3 Å². The van der Waals surface area contributed by atoms with Crippen molar-refractivity contribution >= 4 is 22.5 Å². The normalized spacial score (nSPS) is 13.2. The molecule has 0 saturated carbocycles. The molecule has 4 rings (SSSR count). The van der Waals surface area contributed by atoms with Gasteiger partial charge in [-0.3, -0.25) is 9.78 Å². The summed E-state index contributed by atoms with van der Waals surface area (Å²) in [5.74, 6) is 1.66. The number of carbonyl (C=O) groups is 1. The number of hydrogen-bond acceptors (Lipinski definition) is 6. The van der Waals surface area contributed by atoms with Crippen LogP contribution in [0.2, 0.25) is 0 Å². The van der Waals surface area contributed by atoms with Gasteiger partial charge in [-0.15, -0.1) is 0 Å². The average Bonchev–Trinajstić information content (AvgIpc) is 2.71. The zero-order valence-corrected chi connectivity index (χ0v) is 17.3. The summed E-state index contributed by atoms with van der Waals surface area (Å²) in [6, 6.07) is 12.6. The third kappa shape index (κ3) is 4.10. The van der Waals surface area contributed by atoms with E-state index in [0.717, 1.165) is 16.6 Å². The first-order valence-electron chi connectivity index (χ1n) is 9.83. The van der Waals surface area contributed by atoms with Crippen LogP contribution >= 0.6 is 0 Å². The number of nitrogens with two attached hydrogens (primary N) is 1. The summed E-state index contributed by atoms with van der Waals surface area (Å²) in [5, 5.41) is 3.79. The van der Waals surface area contributed by atoms with Crippen LogP contribution < -0.4 is 25.3 Å². The molecule has 3 aromatic rings. The molecule has 0 atom stereocenters. The van der Waals surface area contributed by atoms with Gasteiger partial charge in [0.1, 0.15) is 25.6 Å². The second kappa shape index (κ2) is 7.74. The molecule has 156 valence electrons. The number of aromatic nitrogens is 1. The van der Waals surface area contributed by atoms with E-state index in [9.17, 15) is 4.79 Å².